The van der Waals surface area contributed by atoms with Crippen LogP contribution in [0.5, 0.6) is 11.5 Å². The van der Waals surface area contributed by atoms with Gasteiger partial charge < -0.3 is 9.47 Å². The number of carbonyl (C=O) groups is 2. The molecule has 1 heterocycles. The Bertz CT molecular complexity index is 666. The number of rotatable bonds is 3. The second-order valence-electron chi connectivity index (χ2n) is 6.05. The van der Waals surface area contributed by atoms with Crippen LogP contribution in [0, 0.1) is 23.7 Å². The number of imide groups is 1. The van der Waals surface area contributed by atoms with Gasteiger partial charge in [-0.3, -0.25) is 9.59 Å². The van der Waals surface area contributed by atoms with Crippen molar-refractivity contribution < 1.29 is 19.1 Å². The van der Waals surface area contributed by atoms with Crippen LogP contribution in [-0.2, 0) is 9.59 Å². The normalized spacial score (nSPS) is 31.8. The number of ether oxygens (including phenoxy) is 2. The summed E-state index contributed by atoms with van der Waals surface area (Å²) in [6, 6.07) is 5.15. The zero-order valence-electron chi connectivity index (χ0n) is 12.5. The lowest BCUT2D eigenvalue weighted by atomic mass is 9.85. The van der Waals surface area contributed by atoms with E-state index >= 15 is 0 Å². The van der Waals surface area contributed by atoms with Gasteiger partial charge >= 0.3 is 0 Å². The number of amides is 2. The van der Waals surface area contributed by atoms with Crippen molar-refractivity contribution in [1.29, 1.82) is 0 Å². The lowest BCUT2D eigenvalue weighted by molar-refractivity contribution is -0.123. The Morgan fingerprint density at radius 1 is 1.00 bits per heavy atom. The summed E-state index contributed by atoms with van der Waals surface area (Å²) in [6.07, 6.45) is 5.10. The van der Waals surface area contributed by atoms with Crippen LogP contribution >= 0.6 is 0 Å². The van der Waals surface area contributed by atoms with Crippen molar-refractivity contribution in [3.63, 3.8) is 0 Å². The van der Waals surface area contributed by atoms with Gasteiger partial charge in [-0.1, -0.05) is 12.2 Å². The van der Waals surface area contributed by atoms with Gasteiger partial charge in [0.05, 0.1) is 31.7 Å². The van der Waals surface area contributed by atoms with E-state index < -0.39 is 0 Å². The molecule has 1 aromatic carbocycles. The Kier molecular flexibility index (Phi) is 2.79. The predicted octanol–water partition coefficient (Wildman–Crippen LogP) is 2.02. The second kappa shape index (κ2) is 4.60. The number of nitrogens with zero attached hydrogens (tertiary/aromatic N) is 1. The van der Waals surface area contributed by atoms with Crippen LogP contribution in [0.2, 0.25) is 0 Å². The third kappa shape index (κ3) is 1.59. The summed E-state index contributed by atoms with van der Waals surface area (Å²) in [5.74, 6) is 0.854. The molecule has 0 unspecified atom stereocenters. The van der Waals surface area contributed by atoms with Crippen molar-refractivity contribution in [2.75, 3.05) is 19.1 Å². The summed E-state index contributed by atoms with van der Waals surface area (Å²) < 4.78 is 10.5. The maximum Gasteiger partial charge on any atom is 0.238 e. The number of methoxy groups -OCH3 is 2. The molecule has 0 N–H and O–H groups in total. The van der Waals surface area contributed by atoms with E-state index in [9.17, 15) is 9.59 Å². The molecule has 1 aromatic rings. The highest BCUT2D eigenvalue weighted by Gasteiger charge is 2.59. The zero-order chi connectivity index (χ0) is 15.4. The van der Waals surface area contributed by atoms with E-state index in [1.165, 1.54) is 12.0 Å². The average molecular weight is 299 g/mol. The van der Waals surface area contributed by atoms with Crippen molar-refractivity contribution in [2.24, 2.45) is 23.7 Å². The standard InChI is InChI=1S/C17H17NO4/c1-21-11-5-6-13(22-2)12(8-11)18-16(19)14-9-3-4-10(7-9)15(14)17(18)20/h3-6,8-10,14-15H,7H2,1-2H3/t9-,10-,14-,15-/m0/s1. The molecule has 1 saturated heterocycles. The van der Waals surface area contributed by atoms with Crippen LogP contribution in [0.3, 0.4) is 0 Å². The topological polar surface area (TPSA) is 55.8 Å². The molecule has 3 aliphatic rings. The van der Waals surface area contributed by atoms with Crippen LogP contribution in [0.15, 0.2) is 30.4 Å². The van der Waals surface area contributed by atoms with Gasteiger partial charge in [-0.25, -0.2) is 4.90 Å². The molecule has 2 fully saturated rings. The molecular weight excluding hydrogens is 282 g/mol. The third-order valence-electron chi connectivity index (χ3n) is 5.10. The van der Waals surface area contributed by atoms with Crippen LogP contribution in [-0.4, -0.2) is 26.0 Å². The van der Waals surface area contributed by atoms with Crippen molar-refractivity contribution in [1.82, 2.24) is 0 Å². The minimum absolute atomic E-state index is 0.113. The molecule has 2 aliphatic carbocycles. The van der Waals surface area contributed by atoms with Crippen LogP contribution < -0.4 is 14.4 Å². The summed E-state index contributed by atoms with van der Waals surface area (Å²) in [4.78, 5) is 27.0. The Morgan fingerprint density at radius 3 is 2.18 bits per heavy atom. The summed E-state index contributed by atoms with van der Waals surface area (Å²) in [5.41, 5.74) is 0.477. The molecule has 114 valence electrons. The van der Waals surface area contributed by atoms with Gasteiger partial charge in [-0.2, -0.15) is 0 Å². The fourth-order valence-corrected chi connectivity index (χ4v) is 4.11. The van der Waals surface area contributed by atoms with Crippen LogP contribution in [0.4, 0.5) is 5.69 Å². The van der Waals surface area contributed by atoms with Crippen molar-refractivity contribution in [2.45, 2.75) is 6.42 Å². The van der Waals surface area contributed by atoms with Gasteiger partial charge in [0.15, 0.2) is 0 Å². The van der Waals surface area contributed by atoms with E-state index in [1.807, 2.05) is 0 Å². The minimum Gasteiger partial charge on any atom is -0.497 e. The molecule has 4 atom stereocenters. The van der Waals surface area contributed by atoms with E-state index in [0.717, 1.165) is 6.42 Å². The van der Waals surface area contributed by atoms with E-state index in [-0.39, 0.29) is 35.5 Å². The van der Waals surface area contributed by atoms with Crippen LogP contribution in [0.1, 0.15) is 6.42 Å². The first-order valence-electron chi connectivity index (χ1n) is 7.44. The number of hydrogen-bond donors (Lipinski definition) is 0. The summed E-state index contributed by atoms with van der Waals surface area (Å²) in [5, 5.41) is 0. The van der Waals surface area contributed by atoms with Gasteiger partial charge in [0.1, 0.15) is 11.5 Å². The molecule has 0 aromatic heterocycles. The number of hydrogen-bond acceptors (Lipinski definition) is 4. The number of allylic oxidation sites excluding steroid dienone is 2. The number of anilines is 1. The highest BCUT2D eigenvalue weighted by molar-refractivity contribution is 6.23. The largest absolute Gasteiger partial charge is 0.497 e. The Hall–Kier alpha value is -2.30. The lowest BCUT2D eigenvalue weighted by Crippen LogP contribution is -2.33. The van der Waals surface area contributed by atoms with E-state index in [2.05, 4.69) is 12.2 Å². The van der Waals surface area contributed by atoms with Gasteiger partial charge in [-0.15, -0.1) is 0 Å². The Balaban J connectivity index is 1.78. The van der Waals surface area contributed by atoms with Gasteiger partial charge in [0.2, 0.25) is 11.8 Å². The predicted molar refractivity (Wildman–Crippen MR) is 79.8 cm³/mol. The molecule has 0 spiro atoms. The first kappa shape index (κ1) is 13.4. The van der Waals surface area contributed by atoms with Gasteiger partial charge in [-0.05, 0) is 30.4 Å². The van der Waals surface area contributed by atoms with Gasteiger partial charge in [0, 0.05) is 6.07 Å². The molecule has 1 saturated carbocycles. The fourth-order valence-electron chi connectivity index (χ4n) is 4.11. The monoisotopic (exact) mass is 299 g/mol. The quantitative estimate of drug-likeness (QED) is 0.633. The molecule has 2 bridgehead atoms. The van der Waals surface area contributed by atoms with E-state index in [1.54, 1.807) is 25.3 Å². The molecule has 2 amide bonds. The number of carbonyl (C=O) groups excluding carboxylic acids is 2. The summed E-state index contributed by atoms with van der Waals surface area (Å²) in [7, 11) is 3.08. The Labute approximate surface area is 128 Å². The molecular formula is C17H17NO4. The molecule has 5 heteroatoms. The molecule has 1 aliphatic heterocycles. The summed E-state index contributed by atoms with van der Waals surface area (Å²) in [6.45, 7) is 0. The highest BCUT2D eigenvalue weighted by atomic mass is 16.5. The fraction of sp³-hybridized carbons (Fsp3) is 0.412. The maximum atomic E-state index is 12.8. The number of benzene rings is 1. The van der Waals surface area contributed by atoms with E-state index in [0.29, 0.717) is 17.2 Å². The molecule has 22 heavy (non-hydrogen) atoms. The maximum absolute atomic E-state index is 12.8. The highest BCUT2D eigenvalue weighted by Crippen LogP contribution is 2.54. The Morgan fingerprint density at radius 2 is 1.64 bits per heavy atom. The van der Waals surface area contributed by atoms with Crippen molar-refractivity contribution >= 4 is 17.5 Å². The van der Waals surface area contributed by atoms with Crippen molar-refractivity contribution in [3.8, 4) is 11.5 Å². The summed E-state index contributed by atoms with van der Waals surface area (Å²) >= 11 is 0. The number of fused-ring (bicyclic) bond motifs is 5. The average Bonchev–Trinajstić information content (AvgIpc) is 3.21. The molecule has 5 nitrogen and oxygen atoms in total. The zero-order valence-corrected chi connectivity index (χ0v) is 12.5. The van der Waals surface area contributed by atoms with Gasteiger partial charge in [0.25, 0.3) is 0 Å². The first-order chi connectivity index (χ1) is 10.7. The SMILES string of the molecule is COc1ccc(OC)c(N2C(=O)[C@@H]3[C@@H](C2=O)[C@H]2C=C[C@H]3C2)c1. The lowest BCUT2D eigenvalue weighted by Gasteiger charge is -2.20. The molecule has 0 radical (unpaired) electrons. The smallest absolute Gasteiger partial charge is 0.238 e. The minimum atomic E-state index is -0.210. The third-order valence-corrected chi connectivity index (χ3v) is 5.10. The van der Waals surface area contributed by atoms with Crippen LogP contribution in [0.25, 0.3) is 0 Å². The van der Waals surface area contributed by atoms with Crippen molar-refractivity contribution in [3.05, 3.63) is 30.4 Å². The first-order valence-corrected chi connectivity index (χ1v) is 7.44. The molecule has 4 rings (SSSR count). The second-order valence-corrected chi connectivity index (χ2v) is 6.05. The van der Waals surface area contributed by atoms with E-state index in [4.69, 9.17) is 9.47 Å².